The van der Waals surface area contributed by atoms with Crippen LogP contribution < -0.4 is 33.4 Å². The van der Waals surface area contributed by atoms with E-state index in [9.17, 15) is 19.2 Å². The van der Waals surface area contributed by atoms with Gasteiger partial charge < -0.3 is 27.6 Å². The predicted molar refractivity (Wildman–Crippen MR) is 86.3 cm³/mol. The van der Waals surface area contributed by atoms with Crippen LogP contribution in [-0.2, 0) is 9.59 Å². The highest BCUT2D eigenvalue weighted by Crippen LogP contribution is 2.13. The Labute approximate surface area is 141 Å². The van der Waals surface area contributed by atoms with Gasteiger partial charge in [0.1, 0.15) is 6.04 Å². The summed E-state index contributed by atoms with van der Waals surface area (Å²) in [6, 6.07) is 3.44. The Kier molecular flexibility index (Phi) is 6.70. The fourth-order valence-corrected chi connectivity index (χ4v) is 1.64. The Hall–Kier alpha value is -3.83. The van der Waals surface area contributed by atoms with Crippen LogP contribution in [0.5, 0.6) is 0 Å². The summed E-state index contributed by atoms with van der Waals surface area (Å²) in [5.74, 6) is -3.25. The van der Waals surface area contributed by atoms with E-state index in [-0.39, 0.29) is 11.5 Å². The van der Waals surface area contributed by atoms with E-state index in [4.69, 9.17) is 22.3 Å². The number of carbonyl (C=O) groups is 4. The van der Waals surface area contributed by atoms with Gasteiger partial charge in [0.2, 0.25) is 5.91 Å². The number of urea groups is 1. The van der Waals surface area contributed by atoms with Crippen LogP contribution in [0.2, 0.25) is 0 Å². The highest BCUT2D eigenvalue weighted by molar-refractivity contribution is 5.96. The first-order valence-electron chi connectivity index (χ1n) is 6.76. The summed E-state index contributed by atoms with van der Waals surface area (Å²) in [5, 5.41) is 10.6. The molecule has 0 bridgehead atoms. The lowest BCUT2D eigenvalue weighted by Gasteiger charge is -2.14. The highest BCUT2D eigenvalue weighted by atomic mass is 16.4. The van der Waals surface area contributed by atoms with Crippen molar-refractivity contribution in [2.45, 2.75) is 12.5 Å². The largest absolute Gasteiger partial charge is 0.481 e. The Morgan fingerprint density at radius 1 is 1.12 bits per heavy atom. The molecule has 0 fully saturated rings. The third-order valence-electron chi connectivity index (χ3n) is 2.68. The van der Waals surface area contributed by atoms with Crippen molar-refractivity contribution < 1.29 is 24.3 Å². The van der Waals surface area contributed by atoms with Crippen molar-refractivity contribution in [3.8, 4) is 0 Å². The number of carboxylic acids is 1. The second-order valence-corrected chi connectivity index (χ2v) is 4.69. The van der Waals surface area contributed by atoms with Gasteiger partial charge in [0.25, 0.3) is 5.91 Å². The zero-order valence-electron chi connectivity index (χ0n) is 12.9. The molecule has 1 rings (SSSR count). The molecule has 0 aliphatic rings. The highest BCUT2D eigenvalue weighted by Gasteiger charge is 2.21. The maximum atomic E-state index is 11.9. The van der Waals surface area contributed by atoms with Crippen LogP contribution in [0.25, 0.3) is 0 Å². The van der Waals surface area contributed by atoms with Crippen LogP contribution >= 0.6 is 0 Å². The number of guanidine groups is 1. The molecule has 0 saturated heterocycles. The minimum Gasteiger partial charge on any atom is -0.481 e. The normalized spacial score (nSPS) is 10.9. The van der Waals surface area contributed by atoms with Gasteiger partial charge in [-0.25, -0.2) is 15.2 Å². The molecular formula is C13H17N7O5. The Bertz CT molecular complexity index is 714. The minimum atomic E-state index is -1.43. The lowest BCUT2D eigenvalue weighted by Crippen LogP contribution is -2.53. The number of primary amides is 1. The monoisotopic (exact) mass is 351 g/mol. The average Bonchev–Trinajstić information content (AvgIpc) is 2.51. The molecule has 25 heavy (non-hydrogen) atoms. The van der Waals surface area contributed by atoms with Crippen molar-refractivity contribution in [2.75, 3.05) is 0 Å². The fourth-order valence-electron chi connectivity index (χ4n) is 1.64. The van der Waals surface area contributed by atoms with Crippen LogP contribution in [0.3, 0.4) is 0 Å². The number of aliphatic carboxylic acids is 1. The number of carboxylic acid groups (broad SMARTS) is 1. The third-order valence-corrected chi connectivity index (χ3v) is 2.68. The first-order chi connectivity index (χ1) is 11.7. The maximum Gasteiger partial charge on any atom is 0.334 e. The third kappa shape index (κ3) is 6.85. The van der Waals surface area contributed by atoms with E-state index in [1.54, 1.807) is 6.07 Å². The number of nitrogens with one attached hydrogen (secondary N) is 3. The Morgan fingerprint density at radius 3 is 2.36 bits per heavy atom. The molecule has 0 aliphatic heterocycles. The summed E-state index contributed by atoms with van der Waals surface area (Å²) in [5.41, 5.74) is 19.9. The molecule has 1 atom stereocenters. The molecule has 12 nitrogen and oxygen atoms in total. The first-order valence-corrected chi connectivity index (χ1v) is 6.76. The molecular weight excluding hydrogens is 334 g/mol. The van der Waals surface area contributed by atoms with Gasteiger partial charge in [0.15, 0.2) is 5.96 Å². The molecule has 12 heteroatoms. The summed E-state index contributed by atoms with van der Waals surface area (Å²) in [6.45, 7) is 0. The van der Waals surface area contributed by atoms with Gasteiger partial charge in [-0.3, -0.25) is 19.8 Å². The van der Waals surface area contributed by atoms with E-state index in [1.807, 2.05) is 10.7 Å². The molecule has 4 amide bonds. The van der Waals surface area contributed by atoms with Crippen molar-refractivity contribution in [1.29, 1.82) is 0 Å². The number of nitrogens with zero attached hydrogens (tertiary/aromatic N) is 1. The van der Waals surface area contributed by atoms with Crippen LogP contribution in [0, 0.1) is 0 Å². The van der Waals surface area contributed by atoms with Gasteiger partial charge in [-0.05, 0) is 18.2 Å². The SMILES string of the molecule is NC(=O)[C@@H](CC(=O)O)NC(=O)NNC(=O)c1cccc(N=C(N)N)c1. The quantitative estimate of drug-likeness (QED) is 0.171. The van der Waals surface area contributed by atoms with Crippen molar-refractivity contribution in [3.63, 3.8) is 0 Å². The second kappa shape index (κ2) is 8.71. The molecule has 134 valence electrons. The number of hydrazine groups is 1. The topological polar surface area (TPSA) is 215 Å². The van der Waals surface area contributed by atoms with Crippen molar-refractivity contribution in [1.82, 2.24) is 16.2 Å². The molecule has 0 aliphatic carbocycles. The van der Waals surface area contributed by atoms with Crippen LogP contribution in [0.1, 0.15) is 16.8 Å². The van der Waals surface area contributed by atoms with Gasteiger partial charge in [-0.2, -0.15) is 0 Å². The molecule has 0 unspecified atom stereocenters. The van der Waals surface area contributed by atoms with Crippen LogP contribution in [0.4, 0.5) is 10.5 Å². The molecule has 0 radical (unpaired) electrons. The molecule has 1 aromatic carbocycles. The molecule has 0 heterocycles. The summed E-state index contributed by atoms with van der Waals surface area (Å²) >= 11 is 0. The van der Waals surface area contributed by atoms with Gasteiger partial charge in [0, 0.05) is 5.56 Å². The average molecular weight is 351 g/mol. The van der Waals surface area contributed by atoms with Crippen molar-refractivity contribution in [3.05, 3.63) is 29.8 Å². The van der Waals surface area contributed by atoms with E-state index in [1.165, 1.54) is 18.2 Å². The minimum absolute atomic E-state index is 0.139. The number of benzene rings is 1. The summed E-state index contributed by atoms with van der Waals surface area (Å²) in [7, 11) is 0. The van der Waals surface area contributed by atoms with Gasteiger partial charge in [-0.15, -0.1) is 0 Å². The number of hydrogen-bond donors (Lipinski definition) is 7. The van der Waals surface area contributed by atoms with Crippen LogP contribution in [0.15, 0.2) is 29.3 Å². The van der Waals surface area contributed by atoms with Crippen molar-refractivity contribution >= 4 is 35.5 Å². The first kappa shape index (κ1) is 19.2. The van der Waals surface area contributed by atoms with E-state index >= 15 is 0 Å². The molecule has 0 saturated carbocycles. The zero-order valence-corrected chi connectivity index (χ0v) is 12.9. The smallest absolute Gasteiger partial charge is 0.334 e. The summed E-state index contributed by atoms with van der Waals surface area (Å²) in [6.07, 6.45) is -0.697. The fraction of sp³-hybridized carbons (Fsp3) is 0.154. The summed E-state index contributed by atoms with van der Waals surface area (Å²) < 4.78 is 0. The number of hydrogen-bond acceptors (Lipinski definition) is 5. The number of amides is 4. The number of rotatable bonds is 6. The lowest BCUT2D eigenvalue weighted by molar-refractivity contribution is -0.139. The maximum absolute atomic E-state index is 11.9. The Morgan fingerprint density at radius 2 is 1.80 bits per heavy atom. The predicted octanol–water partition coefficient (Wildman–Crippen LogP) is -2.14. The van der Waals surface area contributed by atoms with E-state index in [2.05, 4.69) is 10.4 Å². The number of carbonyl (C=O) groups excluding carboxylic acids is 3. The lowest BCUT2D eigenvalue weighted by atomic mass is 10.2. The van der Waals surface area contributed by atoms with Gasteiger partial charge in [0.05, 0.1) is 12.1 Å². The molecule has 0 spiro atoms. The van der Waals surface area contributed by atoms with E-state index in [0.29, 0.717) is 5.69 Å². The summed E-state index contributed by atoms with van der Waals surface area (Å²) in [4.78, 5) is 48.9. The molecule has 10 N–H and O–H groups in total. The zero-order chi connectivity index (χ0) is 19.0. The van der Waals surface area contributed by atoms with E-state index in [0.717, 1.165) is 0 Å². The van der Waals surface area contributed by atoms with Crippen molar-refractivity contribution in [2.24, 2.45) is 22.2 Å². The van der Waals surface area contributed by atoms with Crippen LogP contribution in [-0.4, -0.2) is 40.9 Å². The molecule has 1 aromatic rings. The molecule has 0 aromatic heterocycles. The van der Waals surface area contributed by atoms with Gasteiger partial charge >= 0.3 is 12.0 Å². The Balaban J connectivity index is 2.63. The van der Waals surface area contributed by atoms with Gasteiger partial charge in [-0.1, -0.05) is 6.07 Å². The standard InChI is InChI=1S/C13H17N7O5/c14-10(23)8(5-9(21)22)18-13(25)20-19-11(24)6-2-1-3-7(4-6)17-12(15)16/h1-4,8H,5H2,(H2,14,23)(H,19,24)(H,21,22)(H4,15,16,17)(H2,18,20,25)/t8-/m1/s1. The number of aliphatic imine (C=N–C) groups is 1. The second-order valence-electron chi connectivity index (χ2n) is 4.69. The van der Waals surface area contributed by atoms with E-state index < -0.39 is 36.3 Å². The number of nitrogens with two attached hydrogens (primary N) is 3.